The first kappa shape index (κ1) is 8.25. The lowest BCUT2D eigenvalue weighted by Crippen LogP contribution is -2.05. The summed E-state index contributed by atoms with van der Waals surface area (Å²) in [7, 11) is 0. The van der Waals surface area contributed by atoms with Crippen LogP contribution in [0.1, 0.15) is 26.9 Å². The number of oxazole rings is 1. The van der Waals surface area contributed by atoms with E-state index in [1.54, 1.807) is 0 Å². The monoisotopic (exact) mass is 171 g/mol. The summed E-state index contributed by atoms with van der Waals surface area (Å²) in [6, 6.07) is 0. The molecule has 0 saturated carbocycles. The van der Waals surface area contributed by atoms with Crippen molar-refractivity contribution in [2.24, 2.45) is 0 Å². The minimum atomic E-state index is -1.44. The zero-order chi connectivity index (χ0) is 9.30. The predicted octanol–water partition coefficient (Wildman–Crippen LogP) is 0.379. The van der Waals surface area contributed by atoms with Crippen LogP contribution in [-0.2, 0) is 0 Å². The summed E-state index contributed by atoms with van der Waals surface area (Å²) in [4.78, 5) is 24.1. The van der Waals surface area contributed by atoms with E-state index in [9.17, 15) is 9.59 Å². The summed E-state index contributed by atoms with van der Waals surface area (Å²) in [6.45, 7) is 1.37. The molecule has 0 unspecified atom stereocenters. The van der Waals surface area contributed by atoms with Gasteiger partial charge in [0.1, 0.15) is 0 Å². The molecule has 0 saturated heterocycles. The summed E-state index contributed by atoms with van der Waals surface area (Å²) in [5.74, 6) is -3.47. The van der Waals surface area contributed by atoms with Gasteiger partial charge in [-0.25, -0.2) is 14.6 Å². The summed E-state index contributed by atoms with van der Waals surface area (Å²) in [5, 5.41) is 16.9. The molecule has 0 aliphatic carbocycles. The first-order valence-corrected chi connectivity index (χ1v) is 2.96. The quantitative estimate of drug-likeness (QED) is 0.666. The number of hydrogen-bond acceptors (Lipinski definition) is 4. The van der Waals surface area contributed by atoms with Crippen molar-refractivity contribution in [3.8, 4) is 0 Å². The molecule has 0 aliphatic heterocycles. The van der Waals surface area contributed by atoms with E-state index in [2.05, 4.69) is 9.40 Å². The maximum atomic E-state index is 10.4. The van der Waals surface area contributed by atoms with Crippen molar-refractivity contribution in [1.29, 1.82) is 0 Å². The number of nitrogens with zero attached hydrogens (tertiary/aromatic N) is 1. The minimum Gasteiger partial charge on any atom is -0.476 e. The molecule has 0 atom stereocenters. The van der Waals surface area contributed by atoms with Crippen LogP contribution < -0.4 is 0 Å². The Bertz CT molecular complexity index is 308. The zero-order valence-electron chi connectivity index (χ0n) is 6.07. The number of rotatable bonds is 2. The summed E-state index contributed by atoms with van der Waals surface area (Å²) >= 11 is 0. The van der Waals surface area contributed by atoms with Crippen LogP contribution in [0.2, 0.25) is 0 Å². The first-order valence-electron chi connectivity index (χ1n) is 2.96. The average molecular weight is 171 g/mol. The Kier molecular flexibility index (Phi) is 1.82. The molecule has 6 nitrogen and oxygen atoms in total. The Morgan fingerprint density at radius 1 is 1.33 bits per heavy atom. The van der Waals surface area contributed by atoms with Crippen molar-refractivity contribution < 1.29 is 24.2 Å². The fourth-order valence-electron chi connectivity index (χ4n) is 0.717. The first-order chi connectivity index (χ1) is 5.52. The smallest absolute Gasteiger partial charge is 0.374 e. The lowest BCUT2D eigenvalue weighted by Gasteiger charge is -1.86. The molecule has 0 aliphatic rings. The van der Waals surface area contributed by atoms with Crippen LogP contribution in [0.5, 0.6) is 0 Å². The van der Waals surface area contributed by atoms with Crippen LogP contribution >= 0.6 is 0 Å². The topological polar surface area (TPSA) is 101 Å². The molecule has 0 spiro atoms. The Morgan fingerprint density at radius 3 is 2.25 bits per heavy atom. The molecule has 0 fully saturated rings. The number of aryl methyl sites for hydroxylation is 1. The van der Waals surface area contributed by atoms with Crippen molar-refractivity contribution in [3.05, 3.63) is 17.3 Å². The van der Waals surface area contributed by atoms with Gasteiger partial charge in [0.25, 0.3) is 0 Å². The van der Waals surface area contributed by atoms with Crippen molar-refractivity contribution in [1.82, 2.24) is 4.98 Å². The van der Waals surface area contributed by atoms with E-state index in [-0.39, 0.29) is 5.89 Å². The molecule has 1 aromatic rings. The van der Waals surface area contributed by atoms with Gasteiger partial charge in [-0.2, -0.15) is 0 Å². The van der Waals surface area contributed by atoms with Crippen LogP contribution in [0.25, 0.3) is 0 Å². The SMILES string of the molecule is Cc1nc(C(=O)O)c(C(=O)O)o1. The van der Waals surface area contributed by atoms with E-state index in [1.807, 2.05) is 0 Å². The van der Waals surface area contributed by atoms with Gasteiger partial charge in [-0.05, 0) is 0 Å². The van der Waals surface area contributed by atoms with E-state index in [4.69, 9.17) is 10.2 Å². The van der Waals surface area contributed by atoms with Crippen molar-refractivity contribution >= 4 is 11.9 Å². The Morgan fingerprint density at radius 2 is 1.92 bits per heavy atom. The number of aromatic carboxylic acids is 2. The fraction of sp³-hybridized carbons (Fsp3) is 0.167. The number of aromatic nitrogens is 1. The van der Waals surface area contributed by atoms with E-state index < -0.39 is 23.4 Å². The van der Waals surface area contributed by atoms with Gasteiger partial charge in [0.2, 0.25) is 11.5 Å². The Labute approximate surface area is 66.5 Å². The fourth-order valence-corrected chi connectivity index (χ4v) is 0.717. The molecule has 64 valence electrons. The van der Waals surface area contributed by atoms with Crippen molar-refractivity contribution in [2.75, 3.05) is 0 Å². The highest BCUT2D eigenvalue weighted by molar-refractivity contribution is 5.98. The van der Waals surface area contributed by atoms with Gasteiger partial charge in [-0.3, -0.25) is 0 Å². The standard InChI is InChI=1S/C6H5NO5/c1-2-7-3(5(8)9)4(12-2)6(10)11/h1H3,(H,8,9)(H,10,11). The Hall–Kier alpha value is -1.85. The van der Waals surface area contributed by atoms with Gasteiger partial charge in [-0.1, -0.05) is 0 Å². The zero-order valence-corrected chi connectivity index (χ0v) is 6.07. The van der Waals surface area contributed by atoms with Crippen LogP contribution in [0.3, 0.4) is 0 Å². The van der Waals surface area contributed by atoms with Crippen LogP contribution in [-0.4, -0.2) is 27.1 Å². The van der Waals surface area contributed by atoms with E-state index in [1.165, 1.54) is 6.92 Å². The third-order valence-corrected chi connectivity index (χ3v) is 1.13. The van der Waals surface area contributed by atoms with E-state index in [0.717, 1.165) is 0 Å². The lowest BCUT2D eigenvalue weighted by molar-refractivity contribution is 0.0623. The van der Waals surface area contributed by atoms with Gasteiger partial charge in [0.05, 0.1) is 0 Å². The lowest BCUT2D eigenvalue weighted by atomic mass is 10.3. The number of carboxylic acids is 2. The molecule has 0 aromatic carbocycles. The van der Waals surface area contributed by atoms with Crippen LogP contribution in [0.15, 0.2) is 4.42 Å². The molecule has 6 heteroatoms. The largest absolute Gasteiger partial charge is 0.476 e. The van der Waals surface area contributed by atoms with Crippen molar-refractivity contribution in [3.63, 3.8) is 0 Å². The maximum absolute atomic E-state index is 10.4. The summed E-state index contributed by atoms with van der Waals surface area (Å²) in [6.07, 6.45) is 0. The molecule has 1 heterocycles. The molecule has 0 bridgehead atoms. The van der Waals surface area contributed by atoms with Gasteiger partial charge in [0.15, 0.2) is 5.89 Å². The average Bonchev–Trinajstić information content (AvgIpc) is 2.31. The summed E-state index contributed by atoms with van der Waals surface area (Å²) in [5.41, 5.74) is -0.569. The molecule has 1 rings (SSSR count). The van der Waals surface area contributed by atoms with Gasteiger partial charge >= 0.3 is 11.9 Å². The van der Waals surface area contributed by atoms with Gasteiger partial charge < -0.3 is 14.6 Å². The van der Waals surface area contributed by atoms with Crippen molar-refractivity contribution in [2.45, 2.75) is 6.92 Å². The Balaban J connectivity index is 3.26. The number of hydrogen-bond donors (Lipinski definition) is 2. The van der Waals surface area contributed by atoms with E-state index in [0.29, 0.717) is 0 Å². The van der Waals surface area contributed by atoms with Crippen LogP contribution in [0.4, 0.5) is 0 Å². The molecular weight excluding hydrogens is 166 g/mol. The molecule has 1 aromatic heterocycles. The molecular formula is C6H5NO5. The second-order valence-electron chi connectivity index (χ2n) is 2.02. The third-order valence-electron chi connectivity index (χ3n) is 1.13. The molecule has 12 heavy (non-hydrogen) atoms. The van der Waals surface area contributed by atoms with E-state index >= 15 is 0 Å². The van der Waals surface area contributed by atoms with Gasteiger partial charge in [0, 0.05) is 6.92 Å². The second-order valence-corrected chi connectivity index (χ2v) is 2.02. The summed E-state index contributed by atoms with van der Waals surface area (Å²) < 4.78 is 4.55. The highest BCUT2D eigenvalue weighted by atomic mass is 16.4. The highest BCUT2D eigenvalue weighted by Crippen LogP contribution is 2.09. The third kappa shape index (κ3) is 1.26. The highest BCUT2D eigenvalue weighted by Gasteiger charge is 2.22. The second kappa shape index (κ2) is 2.65. The molecule has 2 N–H and O–H groups in total. The normalized spacial score (nSPS) is 9.75. The minimum absolute atomic E-state index is 0.0183. The number of carbonyl (C=O) groups is 2. The maximum Gasteiger partial charge on any atom is 0.374 e. The molecule has 0 radical (unpaired) electrons. The number of carboxylic acid groups (broad SMARTS) is 2. The molecule has 0 amide bonds. The van der Waals surface area contributed by atoms with Gasteiger partial charge in [-0.15, -0.1) is 0 Å². The predicted molar refractivity (Wildman–Crippen MR) is 35.2 cm³/mol. The van der Waals surface area contributed by atoms with Crippen LogP contribution in [0, 0.1) is 6.92 Å².